The summed E-state index contributed by atoms with van der Waals surface area (Å²) in [5.74, 6) is 0.169. The van der Waals surface area contributed by atoms with Gasteiger partial charge in [0.1, 0.15) is 6.33 Å². The molecule has 0 bridgehead atoms. The van der Waals surface area contributed by atoms with Crippen molar-refractivity contribution in [3.8, 4) is 5.69 Å². The lowest BCUT2D eigenvalue weighted by molar-refractivity contribution is -0.131. The van der Waals surface area contributed by atoms with Gasteiger partial charge in [-0.05, 0) is 35.4 Å². The number of likely N-dealkylation sites (tertiary alicyclic amines) is 1. The van der Waals surface area contributed by atoms with E-state index >= 15 is 0 Å². The Morgan fingerprint density at radius 3 is 2.37 bits per heavy atom. The lowest BCUT2D eigenvalue weighted by Gasteiger charge is -2.35. The lowest BCUT2D eigenvalue weighted by Crippen LogP contribution is -2.51. The average molecular weight is 369 g/mol. The second-order valence-electron chi connectivity index (χ2n) is 6.93. The van der Waals surface area contributed by atoms with E-state index in [0.29, 0.717) is 44.0 Å². The topological polar surface area (TPSA) is 87.5 Å². The van der Waals surface area contributed by atoms with Crippen LogP contribution in [0.4, 0.5) is 0 Å². The summed E-state index contributed by atoms with van der Waals surface area (Å²) in [4.78, 5) is 31.2. The van der Waals surface area contributed by atoms with Crippen LogP contribution < -0.4 is 0 Å². The van der Waals surface area contributed by atoms with Crippen molar-refractivity contribution in [2.75, 3.05) is 45.8 Å². The molecule has 2 amide bonds. The first-order valence-corrected chi connectivity index (χ1v) is 9.34. The maximum Gasteiger partial charge on any atom is 0.256 e. The number of amides is 2. The fourth-order valence-electron chi connectivity index (χ4n) is 3.66. The standard InChI is InChI=1S/C18H23N7O2/c26-17(23-7-3-4-8-23)13-22-9-11-24(12-10-22)18(27)15-5-1-2-6-16(15)25-14-19-20-21-25/h1-2,5-6,14H,3-4,7-13H2. The summed E-state index contributed by atoms with van der Waals surface area (Å²) >= 11 is 0. The van der Waals surface area contributed by atoms with E-state index in [-0.39, 0.29) is 11.8 Å². The number of benzene rings is 1. The molecule has 0 radical (unpaired) electrons. The van der Waals surface area contributed by atoms with E-state index in [9.17, 15) is 9.59 Å². The number of rotatable bonds is 4. The van der Waals surface area contributed by atoms with Gasteiger partial charge in [-0.15, -0.1) is 5.10 Å². The maximum absolute atomic E-state index is 13.0. The molecule has 0 aliphatic carbocycles. The third-order valence-corrected chi connectivity index (χ3v) is 5.21. The molecular formula is C18H23N7O2. The summed E-state index contributed by atoms with van der Waals surface area (Å²) < 4.78 is 1.50. The Morgan fingerprint density at radius 2 is 1.67 bits per heavy atom. The number of tetrazole rings is 1. The molecule has 0 spiro atoms. The molecule has 2 aromatic rings. The summed E-state index contributed by atoms with van der Waals surface area (Å²) in [7, 11) is 0. The van der Waals surface area contributed by atoms with Crippen LogP contribution in [0.2, 0.25) is 0 Å². The van der Waals surface area contributed by atoms with Gasteiger partial charge < -0.3 is 9.80 Å². The minimum absolute atomic E-state index is 0.0355. The second kappa shape index (κ2) is 7.83. The highest BCUT2D eigenvalue weighted by Gasteiger charge is 2.27. The Hall–Kier alpha value is -2.81. The van der Waals surface area contributed by atoms with E-state index in [2.05, 4.69) is 20.4 Å². The van der Waals surface area contributed by atoms with E-state index in [1.807, 2.05) is 28.0 Å². The molecule has 27 heavy (non-hydrogen) atoms. The molecular weight excluding hydrogens is 346 g/mol. The quantitative estimate of drug-likeness (QED) is 0.756. The van der Waals surface area contributed by atoms with Gasteiger partial charge in [0.05, 0.1) is 17.8 Å². The predicted octanol–water partition coefficient (Wildman–Crippen LogP) is 0.0425. The Morgan fingerprint density at radius 1 is 0.926 bits per heavy atom. The molecule has 142 valence electrons. The Kier molecular flexibility index (Phi) is 5.10. The van der Waals surface area contributed by atoms with Gasteiger partial charge in [-0.3, -0.25) is 14.5 Å². The number of carbonyl (C=O) groups is 2. The maximum atomic E-state index is 13.0. The Balaban J connectivity index is 1.37. The minimum Gasteiger partial charge on any atom is -0.342 e. The van der Waals surface area contributed by atoms with Crippen LogP contribution in [0.1, 0.15) is 23.2 Å². The largest absolute Gasteiger partial charge is 0.342 e. The Labute approximate surface area is 157 Å². The normalized spacial score (nSPS) is 18.1. The number of carbonyl (C=O) groups excluding carboxylic acids is 2. The van der Waals surface area contributed by atoms with E-state index in [1.165, 1.54) is 11.0 Å². The van der Waals surface area contributed by atoms with Gasteiger partial charge in [0.2, 0.25) is 5.91 Å². The van der Waals surface area contributed by atoms with E-state index in [4.69, 9.17) is 0 Å². The summed E-state index contributed by atoms with van der Waals surface area (Å²) in [6.45, 7) is 4.84. The summed E-state index contributed by atoms with van der Waals surface area (Å²) in [5.41, 5.74) is 1.24. The van der Waals surface area contributed by atoms with Gasteiger partial charge in [0.25, 0.3) is 5.91 Å². The fraction of sp³-hybridized carbons (Fsp3) is 0.500. The summed E-state index contributed by atoms with van der Waals surface area (Å²) in [5, 5.41) is 11.2. The van der Waals surface area contributed by atoms with Crippen molar-refractivity contribution >= 4 is 11.8 Å². The highest BCUT2D eigenvalue weighted by Crippen LogP contribution is 2.17. The molecule has 2 aliphatic heterocycles. The molecule has 0 atom stereocenters. The third kappa shape index (κ3) is 3.82. The smallest absolute Gasteiger partial charge is 0.256 e. The third-order valence-electron chi connectivity index (χ3n) is 5.21. The molecule has 2 aliphatic rings. The highest BCUT2D eigenvalue weighted by atomic mass is 16.2. The monoisotopic (exact) mass is 369 g/mol. The highest BCUT2D eigenvalue weighted by molar-refractivity contribution is 5.97. The van der Waals surface area contributed by atoms with Gasteiger partial charge >= 0.3 is 0 Å². The molecule has 2 fully saturated rings. The number of aromatic nitrogens is 4. The van der Waals surface area contributed by atoms with Crippen molar-refractivity contribution in [1.82, 2.24) is 34.9 Å². The SMILES string of the molecule is O=C(CN1CCN(C(=O)c2ccccc2-n2cnnn2)CC1)N1CCCC1. The van der Waals surface area contributed by atoms with Gasteiger partial charge in [0, 0.05) is 39.3 Å². The first-order chi connectivity index (χ1) is 13.2. The van der Waals surface area contributed by atoms with E-state index in [1.54, 1.807) is 6.07 Å². The van der Waals surface area contributed by atoms with Crippen LogP contribution in [0.5, 0.6) is 0 Å². The first kappa shape index (κ1) is 17.6. The molecule has 1 aromatic carbocycles. The number of hydrogen-bond acceptors (Lipinski definition) is 6. The number of piperazine rings is 1. The molecule has 3 heterocycles. The van der Waals surface area contributed by atoms with Crippen LogP contribution in [0.25, 0.3) is 5.69 Å². The molecule has 1 aromatic heterocycles. The van der Waals surface area contributed by atoms with Gasteiger partial charge in [0.15, 0.2) is 0 Å². The van der Waals surface area contributed by atoms with Crippen molar-refractivity contribution in [3.63, 3.8) is 0 Å². The van der Waals surface area contributed by atoms with Crippen molar-refractivity contribution in [1.29, 1.82) is 0 Å². The van der Waals surface area contributed by atoms with Crippen molar-refractivity contribution in [3.05, 3.63) is 36.2 Å². The zero-order valence-corrected chi connectivity index (χ0v) is 15.2. The predicted molar refractivity (Wildman–Crippen MR) is 97.3 cm³/mol. The number of para-hydroxylation sites is 1. The van der Waals surface area contributed by atoms with Crippen LogP contribution >= 0.6 is 0 Å². The molecule has 9 heteroatoms. The fourth-order valence-corrected chi connectivity index (χ4v) is 3.66. The Bertz CT molecular complexity index is 794. The van der Waals surface area contributed by atoms with Gasteiger partial charge in [-0.25, -0.2) is 0 Å². The van der Waals surface area contributed by atoms with Crippen LogP contribution in [0, 0.1) is 0 Å². The molecule has 2 saturated heterocycles. The minimum atomic E-state index is -0.0355. The van der Waals surface area contributed by atoms with Crippen LogP contribution in [0.3, 0.4) is 0 Å². The molecule has 9 nitrogen and oxygen atoms in total. The van der Waals surface area contributed by atoms with Gasteiger partial charge in [-0.2, -0.15) is 4.68 Å². The summed E-state index contributed by atoms with van der Waals surface area (Å²) in [6.07, 6.45) is 3.69. The zero-order valence-electron chi connectivity index (χ0n) is 15.2. The molecule has 0 unspecified atom stereocenters. The number of nitrogens with zero attached hydrogens (tertiary/aromatic N) is 7. The average Bonchev–Trinajstić information content (AvgIpc) is 3.42. The number of hydrogen-bond donors (Lipinski definition) is 0. The van der Waals surface area contributed by atoms with Crippen molar-refractivity contribution in [2.24, 2.45) is 0 Å². The lowest BCUT2D eigenvalue weighted by atomic mass is 10.1. The molecule has 0 N–H and O–H groups in total. The van der Waals surface area contributed by atoms with E-state index < -0.39 is 0 Å². The zero-order chi connectivity index (χ0) is 18.6. The van der Waals surface area contributed by atoms with Crippen molar-refractivity contribution in [2.45, 2.75) is 12.8 Å². The van der Waals surface area contributed by atoms with Gasteiger partial charge in [-0.1, -0.05) is 12.1 Å². The van der Waals surface area contributed by atoms with E-state index in [0.717, 1.165) is 25.9 Å². The van der Waals surface area contributed by atoms with Crippen LogP contribution in [0.15, 0.2) is 30.6 Å². The molecule has 0 saturated carbocycles. The summed E-state index contributed by atoms with van der Waals surface area (Å²) in [6, 6.07) is 7.32. The first-order valence-electron chi connectivity index (χ1n) is 9.34. The second-order valence-corrected chi connectivity index (χ2v) is 6.93. The molecule has 4 rings (SSSR count). The van der Waals surface area contributed by atoms with Crippen LogP contribution in [-0.4, -0.2) is 92.5 Å². The van der Waals surface area contributed by atoms with Crippen molar-refractivity contribution < 1.29 is 9.59 Å². The van der Waals surface area contributed by atoms with Crippen LogP contribution in [-0.2, 0) is 4.79 Å².